The first kappa shape index (κ1) is 10.0. The third-order valence-corrected chi connectivity index (χ3v) is 2.23. The highest BCUT2D eigenvalue weighted by atomic mass is 16.1. The van der Waals surface area contributed by atoms with Gasteiger partial charge in [-0.15, -0.1) is 0 Å². The lowest BCUT2D eigenvalue weighted by atomic mass is 10.1. The fourth-order valence-corrected chi connectivity index (χ4v) is 1.63. The first-order chi connectivity index (χ1) is 6.22. The van der Waals surface area contributed by atoms with Crippen LogP contribution < -0.4 is 5.32 Å². The van der Waals surface area contributed by atoms with Gasteiger partial charge < -0.3 is 10.2 Å². The second kappa shape index (κ2) is 4.83. The summed E-state index contributed by atoms with van der Waals surface area (Å²) in [6, 6.07) is 2.08. The summed E-state index contributed by atoms with van der Waals surface area (Å²) >= 11 is 0. The number of likely N-dealkylation sites (tertiary alicyclic amines) is 1. The normalized spacial score (nSPS) is 23.5. The molecule has 1 saturated heterocycles. The van der Waals surface area contributed by atoms with Gasteiger partial charge in [-0.2, -0.15) is 5.26 Å². The molecule has 1 amide bonds. The third kappa shape index (κ3) is 3.43. The summed E-state index contributed by atoms with van der Waals surface area (Å²) in [4.78, 5) is 13.3. The molecule has 0 radical (unpaired) electrons. The van der Waals surface area contributed by atoms with Gasteiger partial charge >= 0.3 is 0 Å². The molecule has 72 valence electrons. The highest BCUT2D eigenvalue weighted by molar-refractivity contribution is 5.78. The molecular weight excluding hydrogens is 166 g/mol. The van der Waals surface area contributed by atoms with Crippen molar-refractivity contribution in [1.82, 2.24) is 10.2 Å². The Kier molecular flexibility index (Phi) is 3.71. The molecule has 13 heavy (non-hydrogen) atoms. The molecule has 0 spiro atoms. The summed E-state index contributed by atoms with van der Waals surface area (Å²) in [5.74, 6) is -0.150. The third-order valence-electron chi connectivity index (χ3n) is 2.23. The largest absolute Gasteiger partial charge is 0.351 e. The summed E-state index contributed by atoms with van der Waals surface area (Å²) in [5, 5.41) is 11.1. The molecule has 0 aromatic heterocycles. The van der Waals surface area contributed by atoms with Gasteiger partial charge in [-0.3, -0.25) is 4.79 Å². The standard InChI is InChI=1S/C9H15N3O/c1-12-6-2-3-8(7-12)11-9(13)4-5-10/h8H,2-4,6-7H2,1H3,(H,11,13). The van der Waals surface area contributed by atoms with Crippen molar-refractivity contribution in [3.8, 4) is 6.07 Å². The van der Waals surface area contributed by atoms with Gasteiger partial charge in [0, 0.05) is 12.6 Å². The minimum absolute atomic E-state index is 0.0276. The van der Waals surface area contributed by atoms with Gasteiger partial charge in [0.1, 0.15) is 6.42 Å². The van der Waals surface area contributed by atoms with Crippen LogP contribution in [0.1, 0.15) is 19.3 Å². The number of carbonyl (C=O) groups is 1. The Balaban J connectivity index is 2.28. The maximum absolute atomic E-state index is 11.1. The van der Waals surface area contributed by atoms with Crippen LogP contribution in [0.5, 0.6) is 0 Å². The monoisotopic (exact) mass is 181 g/mol. The Morgan fingerprint density at radius 2 is 2.54 bits per heavy atom. The number of nitriles is 1. The zero-order valence-corrected chi connectivity index (χ0v) is 7.92. The second-order valence-corrected chi connectivity index (χ2v) is 3.50. The van der Waals surface area contributed by atoms with E-state index in [-0.39, 0.29) is 18.4 Å². The number of rotatable bonds is 2. The fraction of sp³-hybridized carbons (Fsp3) is 0.778. The highest BCUT2D eigenvalue weighted by Gasteiger charge is 2.18. The topological polar surface area (TPSA) is 56.1 Å². The Labute approximate surface area is 78.5 Å². The summed E-state index contributed by atoms with van der Waals surface area (Å²) in [5.41, 5.74) is 0. The Morgan fingerprint density at radius 1 is 1.77 bits per heavy atom. The maximum atomic E-state index is 11.1. The molecule has 1 aliphatic heterocycles. The molecule has 1 unspecified atom stereocenters. The molecule has 1 aliphatic rings. The second-order valence-electron chi connectivity index (χ2n) is 3.50. The van der Waals surface area contributed by atoms with Crippen molar-refractivity contribution in [2.24, 2.45) is 0 Å². The van der Waals surface area contributed by atoms with Crippen molar-refractivity contribution in [3.05, 3.63) is 0 Å². The molecule has 0 aromatic rings. The number of amides is 1. The number of likely N-dealkylation sites (N-methyl/N-ethyl adjacent to an activating group) is 1. The number of nitrogens with zero attached hydrogens (tertiary/aromatic N) is 2. The summed E-state index contributed by atoms with van der Waals surface area (Å²) in [6.45, 7) is 2.00. The first-order valence-electron chi connectivity index (χ1n) is 4.57. The number of piperidine rings is 1. The molecule has 4 heteroatoms. The van der Waals surface area contributed by atoms with Crippen molar-refractivity contribution in [1.29, 1.82) is 5.26 Å². The van der Waals surface area contributed by atoms with E-state index in [9.17, 15) is 4.79 Å². The van der Waals surface area contributed by atoms with E-state index in [2.05, 4.69) is 10.2 Å². The lowest BCUT2D eigenvalue weighted by Crippen LogP contribution is -2.46. The van der Waals surface area contributed by atoms with E-state index in [0.29, 0.717) is 0 Å². The van der Waals surface area contributed by atoms with Gasteiger partial charge in [-0.05, 0) is 26.4 Å². The quantitative estimate of drug-likeness (QED) is 0.658. The van der Waals surface area contributed by atoms with Crippen molar-refractivity contribution >= 4 is 5.91 Å². The Morgan fingerprint density at radius 3 is 3.15 bits per heavy atom. The molecule has 0 aromatic carbocycles. The fourth-order valence-electron chi connectivity index (χ4n) is 1.63. The van der Waals surface area contributed by atoms with Crippen LogP contribution in [0.3, 0.4) is 0 Å². The van der Waals surface area contributed by atoms with E-state index >= 15 is 0 Å². The van der Waals surface area contributed by atoms with Gasteiger partial charge in [0.05, 0.1) is 6.07 Å². The molecule has 4 nitrogen and oxygen atoms in total. The molecule has 1 heterocycles. The first-order valence-corrected chi connectivity index (χ1v) is 4.57. The van der Waals surface area contributed by atoms with Crippen LogP contribution in [-0.4, -0.2) is 37.0 Å². The van der Waals surface area contributed by atoms with Gasteiger partial charge in [-0.1, -0.05) is 0 Å². The van der Waals surface area contributed by atoms with Crippen molar-refractivity contribution in [3.63, 3.8) is 0 Å². The minimum Gasteiger partial charge on any atom is -0.351 e. The Bertz CT molecular complexity index is 221. The number of carbonyl (C=O) groups excluding carboxylic acids is 1. The van der Waals surface area contributed by atoms with E-state index in [1.165, 1.54) is 0 Å². The van der Waals surface area contributed by atoms with E-state index in [0.717, 1.165) is 25.9 Å². The van der Waals surface area contributed by atoms with Gasteiger partial charge in [0.15, 0.2) is 0 Å². The van der Waals surface area contributed by atoms with E-state index in [1.54, 1.807) is 0 Å². The average Bonchev–Trinajstić information content (AvgIpc) is 2.04. The molecule has 1 N–H and O–H groups in total. The van der Waals surface area contributed by atoms with Crippen LogP contribution in [-0.2, 0) is 4.79 Å². The molecule has 1 rings (SSSR count). The highest BCUT2D eigenvalue weighted by Crippen LogP contribution is 2.07. The molecular formula is C9H15N3O. The van der Waals surface area contributed by atoms with Crippen LogP contribution in [0.2, 0.25) is 0 Å². The van der Waals surface area contributed by atoms with Crippen LogP contribution in [0.4, 0.5) is 0 Å². The molecule has 0 aliphatic carbocycles. The van der Waals surface area contributed by atoms with Crippen molar-refractivity contribution in [2.75, 3.05) is 20.1 Å². The van der Waals surface area contributed by atoms with Gasteiger partial charge in [0.2, 0.25) is 5.91 Å². The number of hydrogen-bond donors (Lipinski definition) is 1. The smallest absolute Gasteiger partial charge is 0.234 e. The van der Waals surface area contributed by atoms with Crippen LogP contribution >= 0.6 is 0 Å². The van der Waals surface area contributed by atoms with Crippen LogP contribution in [0.15, 0.2) is 0 Å². The minimum atomic E-state index is -0.150. The van der Waals surface area contributed by atoms with Gasteiger partial charge in [-0.25, -0.2) is 0 Å². The maximum Gasteiger partial charge on any atom is 0.234 e. The Hall–Kier alpha value is -1.08. The summed E-state index contributed by atoms with van der Waals surface area (Å²) in [7, 11) is 2.04. The van der Waals surface area contributed by atoms with Crippen LogP contribution in [0.25, 0.3) is 0 Å². The zero-order valence-electron chi connectivity index (χ0n) is 7.92. The van der Waals surface area contributed by atoms with E-state index < -0.39 is 0 Å². The lowest BCUT2D eigenvalue weighted by Gasteiger charge is -2.29. The van der Waals surface area contributed by atoms with E-state index in [1.807, 2.05) is 13.1 Å². The molecule has 0 saturated carbocycles. The van der Waals surface area contributed by atoms with Gasteiger partial charge in [0.25, 0.3) is 0 Å². The zero-order chi connectivity index (χ0) is 9.68. The molecule has 1 fully saturated rings. The number of nitrogens with one attached hydrogen (secondary N) is 1. The average molecular weight is 181 g/mol. The predicted octanol–water partition coefficient (Wildman–Crippen LogP) is 0.110. The van der Waals surface area contributed by atoms with Crippen LogP contribution in [0, 0.1) is 11.3 Å². The van der Waals surface area contributed by atoms with Crippen molar-refractivity contribution in [2.45, 2.75) is 25.3 Å². The predicted molar refractivity (Wildman–Crippen MR) is 48.9 cm³/mol. The summed E-state index contributed by atoms with van der Waals surface area (Å²) in [6.07, 6.45) is 2.12. The number of hydrogen-bond acceptors (Lipinski definition) is 3. The molecule has 0 bridgehead atoms. The summed E-state index contributed by atoms with van der Waals surface area (Å²) < 4.78 is 0. The molecule has 1 atom stereocenters. The van der Waals surface area contributed by atoms with Crippen molar-refractivity contribution < 1.29 is 4.79 Å². The lowest BCUT2D eigenvalue weighted by molar-refractivity contribution is -0.121. The van der Waals surface area contributed by atoms with E-state index in [4.69, 9.17) is 5.26 Å². The SMILES string of the molecule is CN1CCCC(NC(=O)CC#N)C1.